The first-order valence-electron chi connectivity index (χ1n) is 5.69. The SMILES string of the molecule is CCCCN(C(=N)CC)c1ccccc1. The number of hydrogen-bond acceptors (Lipinski definition) is 1. The first kappa shape index (κ1) is 11.8. The Hall–Kier alpha value is -1.31. The first-order chi connectivity index (χ1) is 7.29. The molecule has 1 N–H and O–H groups in total. The molecule has 0 atom stereocenters. The standard InChI is InChI=1S/C13H20N2/c1-3-5-11-15(13(14)4-2)12-9-7-6-8-10-12/h6-10,14H,3-5,11H2,1-2H3. The predicted octanol–water partition coefficient (Wildman–Crippen LogP) is 3.68. The summed E-state index contributed by atoms with van der Waals surface area (Å²) < 4.78 is 0. The lowest BCUT2D eigenvalue weighted by atomic mass is 10.2. The Kier molecular flexibility index (Phi) is 4.88. The second-order valence-electron chi connectivity index (χ2n) is 3.64. The highest BCUT2D eigenvalue weighted by atomic mass is 15.2. The van der Waals surface area contributed by atoms with Crippen LogP contribution >= 0.6 is 0 Å². The van der Waals surface area contributed by atoms with Gasteiger partial charge in [-0.15, -0.1) is 0 Å². The zero-order chi connectivity index (χ0) is 11.1. The third kappa shape index (κ3) is 3.39. The van der Waals surface area contributed by atoms with Crippen molar-refractivity contribution in [1.29, 1.82) is 5.41 Å². The van der Waals surface area contributed by atoms with Crippen LogP contribution in [-0.4, -0.2) is 12.4 Å². The fraction of sp³-hybridized carbons (Fsp3) is 0.462. The summed E-state index contributed by atoms with van der Waals surface area (Å²) in [5.41, 5.74) is 1.14. The van der Waals surface area contributed by atoms with E-state index in [-0.39, 0.29) is 0 Å². The van der Waals surface area contributed by atoms with Crippen molar-refractivity contribution in [2.24, 2.45) is 0 Å². The van der Waals surface area contributed by atoms with Crippen molar-refractivity contribution < 1.29 is 0 Å². The number of hydrogen-bond donors (Lipinski definition) is 1. The number of para-hydroxylation sites is 1. The fourth-order valence-electron chi connectivity index (χ4n) is 1.53. The lowest BCUT2D eigenvalue weighted by molar-refractivity contribution is 0.788. The van der Waals surface area contributed by atoms with E-state index in [0.717, 1.165) is 25.1 Å². The van der Waals surface area contributed by atoms with E-state index in [1.807, 2.05) is 25.1 Å². The quantitative estimate of drug-likeness (QED) is 0.575. The van der Waals surface area contributed by atoms with Crippen LogP contribution in [0.2, 0.25) is 0 Å². The Morgan fingerprint density at radius 2 is 1.87 bits per heavy atom. The third-order valence-electron chi connectivity index (χ3n) is 2.46. The van der Waals surface area contributed by atoms with Crippen molar-refractivity contribution in [1.82, 2.24) is 0 Å². The molecule has 0 aromatic heterocycles. The van der Waals surface area contributed by atoms with Gasteiger partial charge in [-0.25, -0.2) is 0 Å². The molecule has 0 radical (unpaired) electrons. The normalized spacial score (nSPS) is 10.0. The highest BCUT2D eigenvalue weighted by molar-refractivity contribution is 5.95. The van der Waals surface area contributed by atoms with E-state index in [1.54, 1.807) is 0 Å². The second kappa shape index (κ2) is 6.23. The molecule has 0 unspecified atom stereocenters. The molecule has 0 aliphatic carbocycles. The molecular weight excluding hydrogens is 184 g/mol. The van der Waals surface area contributed by atoms with Crippen LogP contribution in [0.15, 0.2) is 30.3 Å². The maximum Gasteiger partial charge on any atom is 0.0999 e. The summed E-state index contributed by atoms with van der Waals surface area (Å²) >= 11 is 0. The largest absolute Gasteiger partial charge is 0.330 e. The summed E-state index contributed by atoms with van der Waals surface area (Å²) in [7, 11) is 0. The van der Waals surface area contributed by atoms with E-state index < -0.39 is 0 Å². The number of nitrogens with one attached hydrogen (secondary N) is 1. The zero-order valence-corrected chi connectivity index (χ0v) is 9.66. The van der Waals surface area contributed by atoms with Gasteiger partial charge in [-0.2, -0.15) is 0 Å². The molecule has 15 heavy (non-hydrogen) atoms. The Morgan fingerprint density at radius 3 is 2.40 bits per heavy atom. The van der Waals surface area contributed by atoms with Gasteiger partial charge in [0.25, 0.3) is 0 Å². The molecule has 0 aliphatic heterocycles. The molecule has 82 valence electrons. The van der Waals surface area contributed by atoms with Crippen LogP contribution < -0.4 is 4.90 Å². The third-order valence-corrected chi connectivity index (χ3v) is 2.46. The van der Waals surface area contributed by atoms with Gasteiger partial charge in [0.15, 0.2) is 0 Å². The summed E-state index contributed by atoms with van der Waals surface area (Å²) in [6.45, 7) is 5.16. The highest BCUT2D eigenvalue weighted by Gasteiger charge is 2.08. The van der Waals surface area contributed by atoms with Crippen molar-refractivity contribution in [2.75, 3.05) is 11.4 Å². The maximum atomic E-state index is 7.94. The molecule has 1 rings (SSSR count). The van der Waals surface area contributed by atoms with Crippen molar-refractivity contribution in [3.8, 4) is 0 Å². The van der Waals surface area contributed by atoms with E-state index in [9.17, 15) is 0 Å². The summed E-state index contributed by atoms with van der Waals surface area (Å²) in [6, 6.07) is 10.2. The van der Waals surface area contributed by atoms with Gasteiger partial charge in [0.2, 0.25) is 0 Å². The van der Waals surface area contributed by atoms with E-state index in [4.69, 9.17) is 5.41 Å². The van der Waals surface area contributed by atoms with Gasteiger partial charge in [0, 0.05) is 18.7 Å². The summed E-state index contributed by atoms with van der Waals surface area (Å²) in [5, 5.41) is 7.94. The van der Waals surface area contributed by atoms with Crippen LogP contribution in [0, 0.1) is 5.41 Å². The molecule has 0 heterocycles. The fourth-order valence-corrected chi connectivity index (χ4v) is 1.53. The number of rotatable bonds is 5. The second-order valence-corrected chi connectivity index (χ2v) is 3.64. The molecule has 0 amide bonds. The van der Waals surface area contributed by atoms with Crippen LogP contribution in [0.5, 0.6) is 0 Å². The van der Waals surface area contributed by atoms with Gasteiger partial charge in [-0.3, -0.25) is 5.41 Å². The minimum absolute atomic E-state index is 0.703. The van der Waals surface area contributed by atoms with Gasteiger partial charge < -0.3 is 4.90 Å². The van der Waals surface area contributed by atoms with Crippen LogP contribution in [0.1, 0.15) is 33.1 Å². The molecule has 2 heteroatoms. The molecule has 0 saturated carbocycles. The van der Waals surface area contributed by atoms with Gasteiger partial charge >= 0.3 is 0 Å². The Bertz CT molecular complexity index is 293. The molecule has 0 fully saturated rings. The molecule has 1 aromatic rings. The monoisotopic (exact) mass is 204 g/mol. The predicted molar refractivity (Wildman–Crippen MR) is 66.7 cm³/mol. The average Bonchev–Trinajstić information content (AvgIpc) is 2.30. The highest BCUT2D eigenvalue weighted by Crippen LogP contribution is 2.15. The Labute approximate surface area is 92.4 Å². The van der Waals surface area contributed by atoms with Crippen LogP contribution in [0.25, 0.3) is 0 Å². The van der Waals surface area contributed by atoms with E-state index in [2.05, 4.69) is 24.0 Å². The van der Waals surface area contributed by atoms with E-state index >= 15 is 0 Å². The van der Waals surface area contributed by atoms with Crippen molar-refractivity contribution in [2.45, 2.75) is 33.1 Å². The minimum atomic E-state index is 0.703. The summed E-state index contributed by atoms with van der Waals surface area (Å²) in [5.74, 6) is 0.703. The molecule has 2 nitrogen and oxygen atoms in total. The molecular formula is C13H20N2. The van der Waals surface area contributed by atoms with Crippen molar-refractivity contribution >= 4 is 11.5 Å². The molecule has 0 bridgehead atoms. The number of unbranched alkanes of at least 4 members (excludes halogenated alkanes) is 1. The zero-order valence-electron chi connectivity index (χ0n) is 9.66. The number of amidine groups is 1. The number of nitrogens with zero attached hydrogens (tertiary/aromatic N) is 1. The summed E-state index contributed by atoms with van der Waals surface area (Å²) in [6.07, 6.45) is 3.09. The average molecular weight is 204 g/mol. The minimum Gasteiger partial charge on any atom is -0.330 e. The van der Waals surface area contributed by atoms with Gasteiger partial charge in [0.05, 0.1) is 5.84 Å². The van der Waals surface area contributed by atoms with Crippen LogP contribution in [0.3, 0.4) is 0 Å². The lowest BCUT2D eigenvalue weighted by Gasteiger charge is -2.24. The van der Waals surface area contributed by atoms with Crippen molar-refractivity contribution in [3.05, 3.63) is 30.3 Å². The van der Waals surface area contributed by atoms with Crippen LogP contribution in [-0.2, 0) is 0 Å². The molecule has 0 spiro atoms. The smallest absolute Gasteiger partial charge is 0.0999 e. The molecule has 0 aliphatic rings. The first-order valence-corrected chi connectivity index (χ1v) is 5.69. The molecule has 1 aromatic carbocycles. The number of anilines is 1. The topological polar surface area (TPSA) is 27.1 Å². The Balaban J connectivity index is 2.76. The lowest BCUT2D eigenvalue weighted by Crippen LogP contribution is -2.30. The Morgan fingerprint density at radius 1 is 1.20 bits per heavy atom. The summed E-state index contributed by atoms with van der Waals surface area (Å²) in [4.78, 5) is 2.10. The van der Waals surface area contributed by atoms with E-state index in [1.165, 1.54) is 6.42 Å². The maximum absolute atomic E-state index is 7.94. The number of benzene rings is 1. The molecule has 0 saturated heterocycles. The van der Waals surface area contributed by atoms with Gasteiger partial charge in [-0.05, 0) is 18.6 Å². The van der Waals surface area contributed by atoms with Gasteiger partial charge in [-0.1, -0.05) is 38.5 Å². The van der Waals surface area contributed by atoms with Crippen molar-refractivity contribution in [3.63, 3.8) is 0 Å². The van der Waals surface area contributed by atoms with E-state index in [0.29, 0.717) is 5.84 Å². The van der Waals surface area contributed by atoms with Gasteiger partial charge in [0.1, 0.15) is 0 Å². The van der Waals surface area contributed by atoms with Crippen LogP contribution in [0.4, 0.5) is 5.69 Å².